The van der Waals surface area contributed by atoms with E-state index in [-0.39, 0.29) is 17.4 Å². The van der Waals surface area contributed by atoms with Gasteiger partial charge in [-0.2, -0.15) is 0 Å². The number of aromatic nitrogens is 1. The van der Waals surface area contributed by atoms with Crippen LogP contribution in [0.15, 0.2) is 34.9 Å². The van der Waals surface area contributed by atoms with Crippen molar-refractivity contribution in [3.8, 4) is 0 Å². The summed E-state index contributed by atoms with van der Waals surface area (Å²) in [7, 11) is 0. The number of benzene rings is 1. The first-order chi connectivity index (χ1) is 12.1. The van der Waals surface area contributed by atoms with Crippen molar-refractivity contribution >= 4 is 17.8 Å². The molecule has 25 heavy (non-hydrogen) atoms. The summed E-state index contributed by atoms with van der Waals surface area (Å²) < 4.78 is 10.4. The number of rotatable bonds is 4. The first-order valence-electron chi connectivity index (χ1n) is 8.34. The molecule has 1 aromatic carbocycles. The number of nitrogens with zero attached hydrogens (tertiary/aromatic N) is 2. The molecule has 3 rings (SSSR count). The number of amides is 1. The number of carbonyl (C=O) groups is 2. The van der Waals surface area contributed by atoms with E-state index in [4.69, 9.17) is 15.0 Å². The Bertz CT molecular complexity index is 731. The van der Waals surface area contributed by atoms with Crippen LogP contribution < -0.4 is 5.73 Å². The predicted octanol–water partition coefficient (Wildman–Crippen LogP) is 2.48. The van der Waals surface area contributed by atoms with E-state index in [9.17, 15) is 9.59 Å². The van der Waals surface area contributed by atoms with Crippen LogP contribution in [-0.2, 0) is 9.53 Å². The van der Waals surface area contributed by atoms with Gasteiger partial charge in [0.25, 0.3) is 5.91 Å². The number of piperidine rings is 1. The number of carbonyl (C=O) groups excluding carboxylic acids is 2. The van der Waals surface area contributed by atoms with E-state index in [1.807, 2.05) is 6.07 Å². The molecular weight excluding hydrogens is 322 g/mol. The lowest BCUT2D eigenvalue weighted by atomic mass is 10.1. The summed E-state index contributed by atoms with van der Waals surface area (Å²) in [6, 6.07) is 8.99. The Morgan fingerprint density at radius 3 is 2.48 bits per heavy atom. The molecule has 0 spiro atoms. The van der Waals surface area contributed by atoms with Gasteiger partial charge in [0.2, 0.25) is 12.0 Å². The van der Waals surface area contributed by atoms with E-state index < -0.39 is 12.1 Å². The highest BCUT2D eigenvalue weighted by Crippen LogP contribution is 2.26. The Hall–Kier alpha value is -2.83. The first kappa shape index (κ1) is 17.0. The largest absolute Gasteiger partial charge is 0.443 e. The van der Waals surface area contributed by atoms with Crippen LogP contribution in [-0.4, -0.2) is 35.0 Å². The molecule has 0 aliphatic carbocycles. The average molecular weight is 343 g/mol. The molecule has 132 valence electrons. The highest BCUT2D eigenvalue weighted by atomic mass is 16.6. The van der Waals surface area contributed by atoms with E-state index in [0.29, 0.717) is 24.3 Å². The number of likely N-dealkylation sites (tertiary alicyclic amines) is 1. The molecule has 0 radical (unpaired) electrons. The van der Waals surface area contributed by atoms with Crippen LogP contribution in [0.3, 0.4) is 0 Å². The van der Waals surface area contributed by atoms with Gasteiger partial charge in [0, 0.05) is 18.7 Å². The van der Waals surface area contributed by atoms with E-state index in [0.717, 1.165) is 19.3 Å². The van der Waals surface area contributed by atoms with Gasteiger partial charge in [-0.15, -0.1) is 0 Å². The van der Waals surface area contributed by atoms with Crippen LogP contribution in [0, 0.1) is 6.92 Å². The van der Waals surface area contributed by atoms with E-state index in [1.165, 1.54) is 0 Å². The molecule has 1 amide bonds. The Balaban J connectivity index is 1.86. The fraction of sp³-hybridized carbons (Fsp3) is 0.389. The van der Waals surface area contributed by atoms with Gasteiger partial charge < -0.3 is 19.9 Å². The van der Waals surface area contributed by atoms with Gasteiger partial charge in [-0.05, 0) is 26.2 Å². The lowest BCUT2D eigenvalue weighted by Crippen LogP contribution is -2.40. The van der Waals surface area contributed by atoms with E-state index >= 15 is 0 Å². The van der Waals surface area contributed by atoms with Gasteiger partial charge in [0.15, 0.2) is 0 Å². The number of hydrogen-bond donors (Lipinski definition) is 1. The molecule has 0 saturated carbocycles. The topological polar surface area (TPSA) is 98.7 Å². The maximum atomic E-state index is 13.0. The molecule has 2 aromatic rings. The Morgan fingerprint density at radius 2 is 1.88 bits per heavy atom. The Morgan fingerprint density at radius 1 is 1.20 bits per heavy atom. The molecule has 1 aliphatic heterocycles. The van der Waals surface area contributed by atoms with Gasteiger partial charge in [-0.1, -0.05) is 35.5 Å². The predicted molar refractivity (Wildman–Crippen MR) is 90.7 cm³/mol. The van der Waals surface area contributed by atoms with E-state index in [1.54, 1.807) is 36.1 Å². The molecule has 0 unspecified atom stereocenters. The zero-order valence-corrected chi connectivity index (χ0v) is 14.1. The highest BCUT2D eigenvalue weighted by Gasteiger charge is 2.32. The molecule has 7 heteroatoms. The second-order valence-electron chi connectivity index (χ2n) is 6.09. The third-order valence-electron chi connectivity index (χ3n) is 4.31. The van der Waals surface area contributed by atoms with Crippen LogP contribution in [0.1, 0.15) is 47.0 Å². The van der Waals surface area contributed by atoms with Crippen molar-refractivity contribution in [1.82, 2.24) is 10.1 Å². The van der Waals surface area contributed by atoms with Crippen molar-refractivity contribution in [1.29, 1.82) is 0 Å². The summed E-state index contributed by atoms with van der Waals surface area (Å²) in [6.45, 7) is 2.95. The lowest BCUT2D eigenvalue weighted by Gasteiger charge is -2.30. The molecule has 2 heterocycles. The third-order valence-corrected chi connectivity index (χ3v) is 4.31. The number of anilines is 1. The summed E-state index contributed by atoms with van der Waals surface area (Å²) >= 11 is 0. The normalized spacial score (nSPS) is 15.6. The summed E-state index contributed by atoms with van der Waals surface area (Å²) in [5.41, 5.74) is 6.67. The molecule has 1 aliphatic rings. The van der Waals surface area contributed by atoms with Crippen LogP contribution in [0.2, 0.25) is 0 Å². The summed E-state index contributed by atoms with van der Waals surface area (Å²) in [4.78, 5) is 27.2. The first-order valence-corrected chi connectivity index (χ1v) is 8.34. The summed E-state index contributed by atoms with van der Waals surface area (Å²) in [5, 5.41) is 3.66. The van der Waals surface area contributed by atoms with Crippen LogP contribution in [0.4, 0.5) is 5.88 Å². The van der Waals surface area contributed by atoms with Crippen molar-refractivity contribution < 1.29 is 18.8 Å². The maximum Gasteiger partial charge on any atom is 0.346 e. The van der Waals surface area contributed by atoms with Crippen molar-refractivity contribution in [2.45, 2.75) is 32.3 Å². The molecule has 1 saturated heterocycles. The fourth-order valence-electron chi connectivity index (χ4n) is 2.97. The molecule has 2 N–H and O–H groups in total. The molecule has 1 aromatic heterocycles. The minimum Gasteiger partial charge on any atom is -0.443 e. The quantitative estimate of drug-likeness (QED) is 0.856. The number of nitrogens with two attached hydrogens (primary N) is 1. The highest BCUT2D eigenvalue weighted by molar-refractivity contribution is 5.96. The standard InChI is InChI=1S/C18H21N3O4/c1-12-14(16(19)25-20-12)18(23)24-15(13-8-4-2-5-9-13)17(22)21-10-6-3-7-11-21/h2,4-5,8-9,15H,3,6-7,10-11,19H2,1H3/t15-/m1/s1. The summed E-state index contributed by atoms with van der Waals surface area (Å²) in [6.07, 6.45) is 2.01. The van der Waals surface area contributed by atoms with Gasteiger partial charge in [-0.3, -0.25) is 4.79 Å². The molecule has 1 fully saturated rings. The fourth-order valence-corrected chi connectivity index (χ4v) is 2.97. The minimum absolute atomic E-state index is 0.0624. The van der Waals surface area contributed by atoms with E-state index in [2.05, 4.69) is 5.16 Å². The Kier molecular flexibility index (Phi) is 5.02. The van der Waals surface area contributed by atoms with Crippen LogP contribution >= 0.6 is 0 Å². The lowest BCUT2D eigenvalue weighted by molar-refractivity contribution is -0.142. The molecule has 0 bridgehead atoms. The van der Waals surface area contributed by atoms with Gasteiger partial charge >= 0.3 is 5.97 Å². The second-order valence-corrected chi connectivity index (χ2v) is 6.09. The smallest absolute Gasteiger partial charge is 0.346 e. The van der Waals surface area contributed by atoms with Crippen molar-refractivity contribution in [2.75, 3.05) is 18.8 Å². The number of hydrogen-bond acceptors (Lipinski definition) is 6. The van der Waals surface area contributed by atoms with Gasteiger partial charge in [0.1, 0.15) is 5.56 Å². The number of nitrogen functional groups attached to an aromatic ring is 1. The molecule has 7 nitrogen and oxygen atoms in total. The monoisotopic (exact) mass is 343 g/mol. The zero-order chi connectivity index (χ0) is 17.8. The zero-order valence-electron chi connectivity index (χ0n) is 14.1. The molecular formula is C18H21N3O4. The maximum absolute atomic E-state index is 13.0. The van der Waals surface area contributed by atoms with Gasteiger partial charge in [-0.25, -0.2) is 4.79 Å². The summed E-state index contributed by atoms with van der Waals surface area (Å²) in [5.74, 6) is -1.04. The van der Waals surface area contributed by atoms with Crippen LogP contribution in [0.25, 0.3) is 0 Å². The number of esters is 1. The molecule has 1 atom stereocenters. The number of ether oxygens (including phenoxy) is 1. The average Bonchev–Trinajstić information content (AvgIpc) is 2.99. The van der Waals surface area contributed by atoms with Crippen LogP contribution in [0.5, 0.6) is 0 Å². The van der Waals surface area contributed by atoms with Gasteiger partial charge in [0.05, 0.1) is 5.69 Å². The third kappa shape index (κ3) is 3.65. The second kappa shape index (κ2) is 7.38. The Labute approximate surface area is 145 Å². The van der Waals surface area contributed by atoms with Crippen molar-refractivity contribution in [3.63, 3.8) is 0 Å². The van der Waals surface area contributed by atoms with Crippen molar-refractivity contribution in [3.05, 3.63) is 47.2 Å². The number of aryl methyl sites for hydroxylation is 1. The van der Waals surface area contributed by atoms with Crippen molar-refractivity contribution in [2.24, 2.45) is 0 Å². The SMILES string of the molecule is Cc1noc(N)c1C(=O)O[C@@H](C(=O)N1CCCCC1)c1ccccc1. The minimum atomic E-state index is -1.01.